The summed E-state index contributed by atoms with van der Waals surface area (Å²) in [6.45, 7) is 1.99. The van der Waals surface area contributed by atoms with E-state index in [-0.39, 0.29) is 12.0 Å². The number of nitrogens with one attached hydrogen (secondary N) is 2. The van der Waals surface area contributed by atoms with Crippen LogP contribution < -0.4 is 10.6 Å². The number of hydrogen-bond donors (Lipinski definition) is 2. The van der Waals surface area contributed by atoms with Crippen molar-refractivity contribution in [3.8, 4) is 0 Å². The molecular weight excluding hydrogens is 317 g/mol. The molecule has 1 aromatic rings. The first-order valence-electron chi connectivity index (χ1n) is 7.22. The fourth-order valence-electron chi connectivity index (χ4n) is 1.99. The van der Waals surface area contributed by atoms with Crippen LogP contribution in [-0.4, -0.2) is 25.7 Å². The van der Waals surface area contributed by atoms with Gasteiger partial charge < -0.3 is 10.6 Å². The normalized spacial score (nSPS) is 13.8. The highest BCUT2D eigenvalue weighted by atomic mass is 19.4. The molecule has 0 spiro atoms. The Morgan fingerprint density at radius 2 is 1.91 bits per heavy atom. The summed E-state index contributed by atoms with van der Waals surface area (Å²) in [6, 6.07) is 2.81. The molecule has 0 amide bonds. The minimum atomic E-state index is -4.14. The Kier molecular flexibility index (Phi) is 7.25. The molecule has 2 N–H and O–H groups in total. The lowest BCUT2D eigenvalue weighted by Gasteiger charge is -2.19. The number of aliphatic imine (C=N–C) groups is 1. The van der Waals surface area contributed by atoms with Gasteiger partial charge in [0.2, 0.25) is 0 Å². The molecule has 1 atom stereocenters. The number of halogens is 5. The molecule has 23 heavy (non-hydrogen) atoms. The standard InChI is InChI=1S/C15H20F5N3/c1-10(12-6-5-11(16)9-13(12)17)23-14(21-2)22-8-4-3-7-15(18,19)20/h5-6,9-10H,3-4,7-8H2,1-2H3,(H2,21,22,23). The third-order valence-corrected chi connectivity index (χ3v) is 3.19. The third-order valence-electron chi connectivity index (χ3n) is 3.19. The second kappa shape index (κ2) is 8.69. The molecule has 3 nitrogen and oxygen atoms in total. The summed E-state index contributed by atoms with van der Waals surface area (Å²) in [4.78, 5) is 3.92. The van der Waals surface area contributed by atoms with E-state index >= 15 is 0 Å². The maximum Gasteiger partial charge on any atom is 0.389 e. The van der Waals surface area contributed by atoms with Crippen molar-refractivity contribution < 1.29 is 22.0 Å². The van der Waals surface area contributed by atoms with Gasteiger partial charge in [-0.3, -0.25) is 4.99 Å². The van der Waals surface area contributed by atoms with Crippen molar-refractivity contribution in [2.45, 2.75) is 38.4 Å². The average molecular weight is 337 g/mol. The number of unbranched alkanes of at least 4 members (excludes halogenated alkanes) is 1. The maximum atomic E-state index is 13.7. The lowest BCUT2D eigenvalue weighted by molar-refractivity contribution is -0.135. The molecule has 0 fully saturated rings. The monoisotopic (exact) mass is 337 g/mol. The molecule has 8 heteroatoms. The number of nitrogens with zero attached hydrogens (tertiary/aromatic N) is 1. The third kappa shape index (κ3) is 7.30. The van der Waals surface area contributed by atoms with Crippen LogP contribution in [0.15, 0.2) is 23.2 Å². The maximum absolute atomic E-state index is 13.7. The van der Waals surface area contributed by atoms with Gasteiger partial charge in [0.15, 0.2) is 5.96 Å². The molecule has 0 bridgehead atoms. The van der Waals surface area contributed by atoms with Gasteiger partial charge in [0, 0.05) is 31.6 Å². The van der Waals surface area contributed by atoms with Crippen LogP contribution >= 0.6 is 0 Å². The topological polar surface area (TPSA) is 36.4 Å². The summed E-state index contributed by atoms with van der Waals surface area (Å²) >= 11 is 0. The highest BCUT2D eigenvalue weighted by Crippen LogP contribution is 2.22. The Morgan fingerprint density at radius 1 is 1.22 bits per heavy atom. The molecule has 1 rings (SSSR count). The Bertz CT molecular complexity index is 528. The van der Waals surface area contributed by atoms with E-state index in [1.807, 2.05) is 0 Å². The lowest BCUT2D eigenvalue weighted by Crippen LogP contribution is -2.39. The van der Waals surface area contributed by atoms with Crippen LogP contribution in [0, 0.1) is 11.6 Å². The van der Waals surface area contributed by atoms with E-state index in [1.165, 1.54) is 13.1 Å². The molecule has 1 aromatic carbocycles. The second-order valence-corrected chi connectivity index (χ2v) is 5.10. The van der Waals surface area contributed by atoms with Gasteiger partial charge in [-0.15, -0.1) is 0 Å². The van der Waals surface area contributed by atoms with Crippen molar-refractivity contribution in [1.29, 1.82) is 0 Å². The number of benzene rings is 1. The fourth-order valence-corrected chi connectivity index (χ4v) is 1.99. The summed E-state index contributed by atoms with van der Waals surface area (Å²) in [5, 5.41) is 5.77. The van der Waals surface area contributed by atoms with Crippen molar-refractivity contribution in [3.63, 3.8) is 0 Å². The molecule has 0 aromatic heterocycles. The van der Waals surface area contributed by atoms with E-state index in [9.17, 15) is 22.0 Å². The zero-order chi connectivity index (χ0) is 17.5. The van der Waals surface area contributed by atoms with E-state index in [0.717, 1.165) is 12.1 Å². The van der Waals surface area contributed by atoms with Gasteiger partial charge in [0.1, 0.15) is 11.6 Å². The molecule has 0 heterocycles. The smallest absolute Gasteiger partial charge is 0.356 e. The van der Waals surface area contributed by atoms with Gasteiger partial charge in [-0.1, -0.05) is 6.07 Å². The quantitative estimate of drug-likeness (QED) is 0.357. The molecule has 0 aliphatic rings. The molecule has 130 valence electrons. The van der Waals surface area contributed by atoms with Crippen molar-refractivity contribution >= 4 is 5.96 Å². The summed E-state index contributed by atoms with van der Waals surface area (Å²) in [5.41, 5.74) is 0.270. The first kappa shape index (κ1) is 19.2. The first-order chi connectivity index (χ1) is 10.7. The number of hydrogen-bond acceptors (Lipinski definition) is 1. The summed E-state index contributed by atoms with van der Waals surface area (Å²) in [6.07, 6.45) is -4.61. The van der Waals surface area contributed by atoms with E-state index < -0.39 is 30.3 Å². The van der Waals surface area contributed by atoms with Crippen molar-refractivity contribution in [3.05, 3.63) is 35.4 Å². The zero-order valence-corrected chi connectivity index (χ0v) is 13.0. The molecule has 0 aliphatic carbocycles. The molecule has 0 saturated heterocycles. The molecule has 0 radical (unpaired) electrons. The number of alkyl halides is 3. The Hall–Kier alpha value is -1.86. The van der Waals surface area contributed by atoms with Crippen molar-refractivity contribution in [2.24, 2.45) is 4.99 Å². The van der Waals surface area contributed by atoms with Crippen molar-refractivity contribution in [2.75, 3.05) is 13.6 Å². The van der Waals surface area contributed by atoms with Crippen LogP contribution in [0.4, 0.5) is 22.0 Å². The van der Waals surface area contributed by atoms with E-state index in [1.54, 1.807) is 6.92 Å². The largest absolute Gasteiger partial charge is 0.389 e. The molecule has 0 saturated carbocycles. The van der Waals surface area contributed by atoms with Crippen LogP contribution in [0.25, 0.3) is 0 Å². The van der Waals surface area contributed by atoms with Gasteiger partial charge in [-0.25, -0.2) is 8.78 Å². The average Bonchev–Trinajstić information content (AvgIpc) is 2.44. The Labute approximate surface area is 132 Å². The van der Waals surface area contributed by atoms with E-state index in [0.29, 0.717) is 18.9 Å². The highest BCUT2D eigenvalue weighted by molar-refractivity contribution is 5.80. The first-order valence-corrected chi connectivity index (χ1v) is 7.22. The van der Waals surface area contributed by atoms with Crippen LogP contribution in [-0.2, 0) is 0 Å². The summed E-state index contributed by atoms with van der Waals surface area (Å²) in [5.74, 6) is -0.996. The van der Waals surface area contributed by atoms with Gasteiger partial charge in [0.25, 0.3) is 0 Å². The Balaban J connectivity index is 2.44. The summed E-state index contributed by atoms with van der Waals surface area (Å²) in [7, 11) is 1.50. The molecule has 0 aliphatic heterocycles. The predicted molar refractivity (Wildman–Crippen MR) is 79.2 cm³/mol. The van der Waals surface area contributed by atoms with Crippen LogP contribution in [0.2, 0.25) is 0 Å². The highest BCUT2D eigenvalue weighted by Gasteiger charge is 2.25. The van der Waals surface area contributed by atoms with Gasteiger partial charge in [0.05, 0.1) is 6.04 Å². The predicted octanol–water partition coefficient (Wildman–Crippen LogP) is 3.92. The molecule has 1 unspecified atom stereocenters. The SMILES string of the molecule is CN=C(NCCCCC(F)(F)F)NC(C)c1ccc(F)cc1F. The van der Waals surface area contributed by atoms with E-state index in [2.05, 4.69) is 15.6 Å². The van der Waals surface area contributed by atoms with Gasteiger partial charge in [-0.2, -0.15) is 13.2 Å². The van der Waals surface area contributed by atoms with E-state index in [4.69, 9.17) is 0 Å². The number of rotatable bonds is 6. The fraction of sp³-hybridized carbons (Fsp3) is 0.533. The van der Waals surface area contributed by atoms with Crippen LogP contribution in [0.1, 0.15) is 37.8 Å². The number of guanidine groups is 1. The van der Waals surface area contributed by atoms with Crippen molar-refractivity contribution in [1.82, 2.24) is 10.6 Å². The summed E-state index contributed by atoms with van der Waals surface area (Å²) < 4.78 is 62.6. The van der Waals surface area contributed by atoms with Crippen LogP contribution in [0.3, 0.4) is 0 Å². The zero-order valence-electron chi connectivity index (χ0n) is 13.0. The molecular formula is C15H20F5N3. The second-order valence-electron chi connectivity index (χ2n) is 5.10. The minimum Gasteiger partial charge on any atom is -0.356 e. The van der Waals surface area contributed by atoms with Gasteiger partial charge >= 0.3 is 6.18 Å². The van der Waals surface area contributed by atoms with Crippen LogP contribution in [0.5, 0.6) is 0 Å². The Morgan fingerprint density at radius 3 is 2.48 bits per heavy atom. The lowest BCUT2D eigenvalue weighted by atomic mass is 10.1. The van der Waals surface area contributed by atoms with Gasteiger partial charge in [-0.05, 0) is 25.8 Å². The minimum absolute atomic E-state index is 0.0235.